The highest BCUT2D eigenvalue weighted by atomic mass is 35.5. The SMILES string of the molecule is O=NCc1cc2cccc(Cl)c2s1. The summed E-state index contributed by atoms with van der Waals surface area (Å²) in [6, 6.07) is 7.67. The Morgan fingerprint density at radius 3 is 3.00 bits per heavy atom. The first-order valence-electron chi connectivity index (χ1n) is 3.77. The first kappa shape index (κ1) is 8.66. The maximum Gasteiger partial charge on any atom is 0.115 e. The second-order valence-electron chi connectivity index (χ2n) is 2.66. The molecule has 0 aliphatic heterocycles. The van der Waals surface area contributed by atoms with E-state index < -0.39 is 0 Å². The van der Waals surface area contributed by atoms with Crippen LogP contribution in [0.25, 0.3) is 10.1 Å². The molecule has 0 unspecified atom stereocenters. The molecule has 2 aromatic rings. The molecule has 2 rings (SSSR count). The van der Waals surface area contributed by atoms with Crippen LogP contribution in [0.15, 0.2) is 29.4 Å². The molecular formula is C9H6ClNOS. The number of fused-ring (bicyclic) bond motifs is 1. The van der Waals surface area contributed by atoms with Gasteiger partial charge in [-0.2, -0.15) is 4.91 Å². The fourth-order valence-corrected chi connectivity index (χ4v) is 2.50. The summed E-state index contributed by atoms with van der Waals surface area (Å²) in [6.07, 6.45) is 0. The van der Waals surface area contributed by atoms with Crippen LogP contribution < -0.4 is 0 Å². The van der Waals surface area contributed by atoms with Gasteiger partial charge in [-0.3, -0.25) is 0 Å². The summed E-state index contributed by atoms with van der Waals surface area (Å²) in [7, 11) is 0. The highest BCUT2D eigenvalue weighted by Gasteiger charge is 2.04. The van der Waals surface area contributed by atoms with Crippen LogP contribution in [0.5, 0.6) is 0 Å². The molecule has 0 aliphatic carbocycles. The summed E-state index contributed by atoms with van der Waals surface area (Å²) < 4.78 is 1.03. The Hall–Kier alpha value is -0.930. The lowest BCUT2D eigenvalue weighted by molar-refractivity contribution is 1.09. The summed E-state index contributed by atoms with van der Waals surface area (Å²) >= 11 is 7.49. The number of hydrogen-bond donors (Lipinski definition) is 0. The van der Waals surface area contributed by atoms with Crippen LogP contribution in [0.1, 0.15) is 4.88 Å². The van der Waals surface area contributed by atoms with E-state index in [1.807, 2.05) is 24.3 Å². The van der Waals surface area contributed by atoms with Gasteiger partial charge < -0.3 is 0 Å². The molecule has 0 N–H and O–H groups in total. The van der Waals surface area contributed by atoms with Crippen molar-refractivity contribution in [3.63, 3.8) is 0 Å². The average Bonchev–Trinajstić information content (AvgIpc) is 2.49. The molecule has 0 saturated carbocycles. The molecule has 0 spiro atoms. The van der Waals surface area contributed by atoms with Crippen LogP contribution in [0.3, 0.4) is 0 Å². The molecule has 1 aromatic carbocycles. The van der Waals surface area contributed by atoms with Gasteiger partial charge in [-0.15, -0.1) is 11.3 Å². The lowest BCUT2D eigenvalue weighted by Gasteiger charge is -1.89. The number of hydrogen-bond acceptors (Lipinski definition) is 3. The summed E-state index contributed by atoms with van der Waals surface area (Å²) in [4.78, 5) is 11.0. The van der Waals surface area contributed by atoms with Crippen LogP contribution in [-0.4, -0.2) is 0 Å². The van der Waals surface area contributed by atoms with Crippen molar-refractivity contribution in [1.29, 1.82) is 0 Å². The number of benzene rings is 1. The number of nitroso groups, excluding NO2 is 1. The molecule has 0 amide bonds. The average molecular weight is 212 g/mol. The van der Waals surface area contributed by atoms with Gasteiger partial charge in [0.1, 0.15) is 6.54 Å². The normalized spacial score (nSPS) is 10.5. The van der Waals surface area contributed by atoms with Crippen LogP contribution in [0.4, 0.5) is 0 Å². The molecule has 0 bridgehead atoms. The van der Waals surface area contributed by atoms with Crippen LogP contribution in [-0.2, 0) is 6.54 Å². The Morgan fingerprint density at radius 2 is 2.31 bits per heavy atom. The summed E-state index contributed by atoms with van der Waals surface area (Å²) in [5.74, 6) is 0. The topological polar surface area (TPSA) is 29.4 Å². The minimum absolute atomic E-state index is 0.232. The highest BCUT2D eigenvalue weighted by Crippen LogP contribution is 2.31. The number of halogens is 1. The van der Waals surface area contributed by atoms with Gasteiger partial charge in [-0.25, -0.2) is 0 Å². The number of rotatable bonds is 2. The van der Waals surface area contributed by atoms with Gasteiger partial charge >= 0.3 is 0 Å². The highest BCUT2D eigenvalue weighted by molar-refractivity contribution is 7.19. The molecule has 0 radical (unpaired) electrons. The van der Waals surface area contributed by atoms with E-state index in [1.54, 1.807) is 0 Å². The van der Waals surface area contributed by atoms with E-state index in [-0.39, 0.29) is 6.54 Å². The Labute approximate surface area is 84.1 Å². The van der Waals surface area contributed by atoms with Crippen LogP contribution in [0, 0.1) is 4.91 Å². The molecule has 4 heteroatoms. The lowest BCUT2D eigenvalue weighted by Crippen LogP contribution is -1.67. The molecule has 0 fully saturated rings. The fourth-order valence-electron chi connectivity index (χ4n) is 1.22. The standard InChI is InChI=1S/C9H6ClNOS/c10-8-3-1-2-6-4-7(5-11-12)13-9(6)8/h1-4H,5H2. The zero-order valence-electron chi connectivity index (χ0n) is 6.66. The Bertz CT molecular complexity index is 452. The summed E-state index contributed by atoms with van der Waals surface area (Å²) in [5.41, 5.74) is 0. The van der Waals surface area contributed by atoms with E-state index in [9.17, 15) is 4.91 Å². The van der Waals surface area contributed by atoms with E-state index in [2.05, 4.69) is 5.18 Å². The Morgan fingerprint density at radius 1 is 1.46 bits per heavy atom. The van der Waals surface area contributed by atoms with Crippen molar-refractivity contribution >= 4 is 33.0 Å². The summed E-state index contributed by atoms with van der Waals surface area (Å²) in [6.45, 7) is 0.232. The van der Waals surface area contributed by atoms with E-state index in [0.717, 1.165) is 20.0 Å². The first-order valence-corrected chi connectivity index (χ1v) is 4.97. The van der Waals surface area contributed by atoms with Gasteiger partial charge in [0.15, 0.2) is 0 Å². The maximum absolute atomic E-state index is 10.1. The predicted molar refractivity (Wildman–Crippen MR) is 56.3 cm³/mol. The first-order chi connectivity index (χ1) is 6.31. The third-order valence-corrected chi connectivity index (χ3v) is 3.36. The number of nitrogens with zero attached hydrogens (tertiary/aromatic N) is 1. The van der Waals surface area contributed by atoms with Crippen molar-refractivity contribution in [2.45, 2.75) is 6.54 Å². The van der Waals surface area contributed by atoms with Crippen molar-refractivity contribution in [1.82, 2.24) is 0 Å². The fraction of sp³-hybridized carbons (Fsp3) is 0.111. The van der Waals surface area contributed by atoms with Gasteiger partial charge in [0.25, 0.3) is 0 Å². The molecule has 2 nitrogen and oxygen atoms in total. The van der Waals surface area contributed by atoms with Crippen LogP contribution in [0.2, 0.25) is 5.02 Å². The van der Waals surface area contributed by atoms with Gasteiger partial charge in [-0.1, -0.05) is 28.9 Å². The summed E-state index contributed by atoms with van der Waals surface area (Å²) in [5, 5.41) is 4.66. The van der Waals surface area contributed by atoms with Crippen molar-refractivity contribution < 1.29 is 0 Å². The second-order valence-corrected chi connectivity index (χ2v) is 4.20. The monoisotopic (exact) mass is 211 g/mol. The van der Waals surface area contributed by atoms with Gasteiger partial charge in [-0.05, 0) is 17.5 Å². The second kappa shape index (κ2) is 3.44. The van der Waals surface area contributed by atoms with Crippen molar-refractivity contribution in [3.05, 3.63) is 39.1 Å². The van der Waals surface area contributed by atoms with Crippen molar-refractivity contribution in [2.75, 3.05) is 0 Å². The quantitative estimate of drug-likeness (QED) is 0.695. The Kier molecular flexibility index (Phi) is 2.29. The van der Waals surface area contributed by atoms with Gasteiger partial charge in [0.05, 0.1) is 9.72 Å². The van der Waals surface area contributed by atoms with Crippen LogP contribution >= 0.6 is 22.9 Å². The van der Waals surface area contributed by atoms with Crippen molar-refractivity contribution in [3.8, 4) is 0 Å². The largest absolute Gasteiger partial charge is 0.150 e. The lowest BCUT2D eigenvalue weighted by atomic mass is 10.2. The zero-order valence-corrected chi connectivity index (χ0v) is 8.23. The molecule has 1 aromatic heterocycles. The van der Waals surface area contributed by atoms with Gasteiger partial charge in [0.2, 0.25) is 0 Å². The molecule has 13 heavy (non-hydrogen) atoms. The molecule has 1 heterocycles. The number of thiophene rings is 1. The molecule has 0 aliphatic rings. The molecule has 66 valence electrons. The predicted octanol–water partition coefficient (Wildman–Crippen LogP) is 3.82. The zero-order chi connectivity index (χ0) is 9.26. The third-order valence-electron chi connectivity index (χ3n) is 1.77. The van der Waals surface area contributed by atoms with Gasteiger partial charge in [0, 0.05) is 4.88 Å². The smallest absolute Gasteiger partial charge is 0.115 e. The molecule has 0 atom stereocenters. The molecular weight excluding hydrogens is 206 g/mol. The minimum atomic E-state index is 0.232. The third kappa shape index (κ3) is 1.57. The van der Waals surface area contributed by atoms with E-state index >= 15 is 0 Å². The maximum atomic E-state index is 10.1. The van der Waals surface area contributed by atoms with E-state index in [1.165, 1.54) is 11.3 Å². The minimum Gasteiger partial charge on any atom is -0.150 e. The Balaban J connectivity index is 2.61. The van der Waals surface area contributed by atoms with E-state index in [4.69, 9.17) is 11.6 Å². The van der Waals surface area contributed by atoms with Crippen molar-refractivity contribution in [2.24, 2.45) is 5.18 Å². The molecule has 0 saturated heterocycles. The van der Waals surface area contributed by atoms with E-state index in [0.29, 0.717) is 0 Å².